The van der Waals surface area contributed by atoms with Crippen LogP contribution in [0.25, 0.3) is 6.08 Å². The van der Waals surface area contributed by atoms with Gasteiger partial charge < -0.3 is 50.0 Å². The number of phenolic OH excluding ortho intramolecular Hbond substituents is 2. The number of aromatic hydroxyl groups is 2. The maximum Gasteiger partial charge on any atom is 0.330 e. The minimum absolute atomic E-state index is 0.0100. The average molecular weight is 581 g/mol. The number of hydrogen-bond donors (Lipinski definition) is 7. The molecule has 7 N–H and O–H groups in total. The Labute approximate surface area is 240 Å². The molecule has 3 fully saturated rings. The van der Waals surface area contributed by atoms with Gasteiger partial charge in [-0.3, -0.25) is 0 Å². The first-order chi connectivity index (χ1) is 19.1. The zero-order valence-electron chi connectivity index (χ0n) is 24.0. The molecule has 0 spiro atoms. The van der Waals surface area contributed by atoms with Crippen molar-refractivity contribution < 1.29 is 54.8 Å². The summed E-state index contributed by atoms with van der Waals surface area (Å²) in [6.45, 7) is 7.29. The standard InChI is InChI=1S/C30H44O11/c1-16(2)30(38)12-11-28(3)21(14-30)29(4,37)10-9-22(28)41-27-26(36)25(35)24(34)20(40-27)15-39-23(33)8-6-17-5-7-18(31)19(32)13-17/h5-8,13,16,20-22,24-27,31-32,34-38H,9-12,14-15H2,1-4H3/b8-6-/t20-,21+,22+,24-,25+,26-,27+,28+,29-,30-/m0/s1. The van der Waals surface area contributed by atoms with Gasteiger partial charge in [0.25, 0.3) is 0 Å². The van der Waals surface area contributed by atoms with Crippen LogP contribution < -0.4 is 0 Å². The van der Waals surface area contributed by atoms with Crippen molar-refractivity contribution in [1.82, 2.24) is 0 Å². The first kappa shape index (κ1) is 31.7. The van der Waals surface area contributed by atoms with E-state index in [1.807, 2.05) is 20.8 Å². The average Bonchev–Trinajstić information content (AvgIpc) is 2.91. The number of benzene rings is 1. The molecule has 1 saturated heterocycles. The number of hydrogen-bond acceptors (Lipinski definition) is 11. The number of esters is 1. The minimum atomic E-state index is -1.62. The molecule has 10 atom stereocenters. The number of aliphatic hydroxyl groups is 5. The maximum atomic E-state index is 12.3. The summed E-state index contributed by atoms with van der Waals surface area (Å²) in [7, 11) is 0. The Morgan fingerprint density at radius 1 is 1.05 bits per heavy atom. The van der Waals surface area contributed by atoms with E-state index in [9.17, 15) is 40.5 Å². The number of ether oxygens (including phenoxy) is 3. The third-order valence-corrected chi connectivity index (χ3v) is 9.69. The van der Waals surface area contributed by atoms with Gasteiger partial charge in [-0.15, -0.1) is 0 Å². The van der Waals surface area contributed by atoms with E-state index in [0.29, 0.717) is 37.7 Å². The van der Waals surface area contributed by atoms with Crippen LogP contribution in [0.5, 0.6) is 11.5 Å². The van der Waals surface area contributed by atoms with Crippen LogP contribution in [0.2, 0.25) is 0 Å². The molecule has 0 unspecified atom stereocenters. The van der Waals surface area contributed by atoms with Gasteiger partial charge in [0.2, 0.25) is 0 Å². The number of rotatable bonds is 7. The highest BCUT2D eigenvalue weighted by molar-refractivity contribution is 5.87. The molecule has 41 heavy (non-hydrogen) atoms. The van der Waals surface area contributed by atoms with E-state index in [2.05, 4.69) is 0 Å². The zero-order valence-corrected chi connectivity index (χ0v) is 24.0. The highest BCUT2D eigenvalue weighted by Gasteiger charge is 2.60. The number of aliphatic hydroxyl groups excluding tert-OH is 3. The third-order valence-electron chi connectivity index (χ3n) is 9.69. The Hall–Kier alpha value is -2.25. The summed E-state index contributed by atoms with van der Waals surface area (Å²) in [5.41, 5.74) is -2.06. The number of phenols is 2. The summed E-state index contributed by atoms with van der Waals surface area (Å²) in [6, 6.07) is 4.02. The molecule has 2 aliphatic carbocycles. The van der Waals surface area contributed by atoms with Crippen molar-refractivity contribution in [2.45, 2.75) is 108 Å². The Morgan fingerprint density at radius 2 is 1.76 bits per heavy atom. The minimum Gasteiger partial charge on any atom is -0.504 e. The normalized spacial score (nSPS) is 41.4. The highest BCUT2D eigenvalue weighted by Crippen LogP contribution is 2.58. The molecule has 1 heterocycles. The Bertz CT molecular complexity index is 1120. The molecule has 0 bridgehead atoms. The number of carbonyl (C=O) groups is 1. The van der Waals surface area contributed by atoms with Crippen LogP contribution in [0.15, 0.2) is 24.3 Å². The van der Waals surface area contributed by atoms with Crippen molar-refractivity contribution in [1.29, 1.82) is 0 Å². The van der Waals surface area contributed by atoms with E-state index in [1.165, 1.54) is 24.3 Å². The fraction of sp³-hybridized carbons (Fsp3) is 0.700. The third kappa shape index (κ3) is 6.41. The van der Waals surface area contributed by atoms with E-state index in [1.54, 1.807) is 6.92 Å². The van der Waals surface area contributed by atoms with E-state index in [-0.39, 0.29) is 23.3 Å². The highest BCUT2D eigenvalue weighted by atomic mass is 16.7. The van der Waals surface area contributed by atoms with Gasteiger partial charge in [0, 0.05) is 6.08 Å². The summed E-state index contributed by atoms with van der Waals surface area (Å²) in [5.74, 6) is -1.70. The summed E-state index contributed by atoms with van der Waals surface area (Å²) < 4.78 is 17.3. The molecule has 230 valence electrons. The number of fused-ring (bicyclic) bond motifs is 1. The van der Waals surface area contributed by atoms with Gasteiger partial charge in [-0.2, -0.15) is 0 Å². The molecule has 0 aromatic heterocycles. The lowest BCUT2D eigenvalue weighted by atomic mass is 9.50. The Kier molecular flexibility index (Phi) is 9.11. The molecule has 2 saturated carbocycles. The van der Waals surface area contributed by atoms with Crippen LogP contribution in [-0.4, -0.2) is 96.3 Å². The molecule has 1 aliphatic heterocycles. The first-order valence-electron chi connectivity index (χ1n) is 14.2. The van der Waals surface area contributed by atoms with Crippen molar-refractivity contribution in [2.75, 3.05) is 6.61 Å². The van der Waals surface area contributed by atoms with Crippen molar-refractivity contribution >= 4 is 12.0 Å². The summed E-state index contributed by atoms with van der Waals surface area (Å²) in [4.78, 5) is 12.3. The van der Waals surface area contributed by atoms with Crippen LogP contribution in [0.4, 0.5) is 0 Å². The van der Waals surface area contributed by atoms with E-state index in [0.717, 1.165) is 6.08 Å². The first-order valence-corrected chi connectivity index (χ1v) is 14.2. The number of carbonyl (C=O) groups excluding carboxylic acids is 1. The molecule has 0 radical (unpaired) electrons. The van der Waals surface area contributed by atoms with Crippen LogP contribution in [0.1, 0.15) is 65.4 Å². The predicted molar refractivity (Wildman–Crippen MR) is 146 cm³/mol. The molecule has 3 aliphatic rings. The molecule has 1 aromatic rings. The quantitative estimate of drug-likeness (QED) is 0.141. The van der Waals surface area contributed by atoms with Crippen molar-refractivity contribution in [2.24, 2.45) is 17.3 Å². The fourth-order valence-corrected chi connectivity index (χ4v) is 6.69. The maximum absolute atomic E-state index is 12.3. The summed E-state index contributed by atoms with van der Waals surface area (Å²) >= 11 is 0. The lowest BCUT2D eigenvalue weighted by Gasteiger charge is -2.60. The smallest absolute Gasteiger partial charge is 0.330 e. The van der Waals surface area contributed by atoms with Crippen LogP contribution in [-0.2, 0) is 19.0 Å². The van der Waals surface area contributed by atoms with Gasteiger partial charge in [-0.25, -0.2) is 4.79 Å². The second-order valence-corrected chi connectivity index (χ2v) is 12.8. The Morgan fingerprint density at radius 3 is 2.41 bits per heavy atom. The molecule has 0 amide bonds. The lowest BCUT2D eigenvalue weighted by molar-refractivity contribution is -0.333. The fourth-order valence-electron chi connectivity index (χ4n) is 6.69. The zero-order chi connectivity index (χ0) is 30.3. The topological polar surface area (TPSA) is 186 Å². The Balaban J connectivity index is 1.42. The van der Waals surface area contributed by atoms with Crippen molar-refractivity contribution in [3.05, 3.63) is 29.8 Å². The van der Waals surface area contributed by atoms with E-state index >= 15 is 0 Å². The predicted octanol–water partition coefficient (Wildman–Crippen LogP) is 1.59. The van der Waals surface area contributed by atoms with Crippen LogP contribution in [0, 0.1) is 17.3 Å². The lowest BCUT2D eigenvalue weighted by Crippen LogP contribution is -2.64. The largest absolute Gasteiger partial charge is 0.504 e. The second kappa shape index (κ2) is 11.8. The van der Waals surface area contributed by atoms with E-state index in [4.69, 9.17) is 14.2 Å². The van der Waals surface area contributed by atoms with Gasteiger partial charge in [0.1, 0.15) is 31.0 Å². The molecule has 11 nitrogen and oxygen atoms in total. The summed E-state index contributed by atoms with van der Waals surface area (Å²) in [5, 5.41) is 73.4. The monoisotopic (exact) mass is 580 g/mol. The molecule has 11 heteroatoms. The van der Waals surface area contributed by atoms with Gasteiger partial charge >= 0.3 is 5.97 Å². The molecular weight excluding hydrogens is 536 g/mol. The van der Waals surface area contributed by atoms with Crippen molar-refractivity contribution in [3.8, 4) is 11.5 Å². The van der Waals surface area contributed by atoms with Crippen LogP contribution in [0.3, 0.4) is 0 Å². The molecular formula is C30H44O11. The van der Waals surface area contributed by atoms with Gasteiger partial charge in [-0.05, 0) is 80.1 Å². The SMILES string of the molecule is CC(C)[C@]1(O)CC[C@]2(C)[C@@H](C1)[C@@](C)(O)CC[C@H]2O[C@H]1O[C@@H](COC(=O)/C=C\c2ccc(O)c(O)c2)[C@H](O)[C@@H](O)[C@@H]1O. The van der Waals surface area contributed by atoms with Crippen LogP contribution >= 0.6 is 0 Å². The van der Waals surface area contributed by atoms with Gasteiger partial charge in [-0.1, -0.05) is 26.8 Å². The second-order valence-electron chi connectivity index (χ2n) is 12.8. The van der Waals surface area contributed by atoms with Gasteiger partial charge in [0.05, 0.1) is 17.3 Å². The van der Waals surface area contributed by atoms with E-state index < -0.39 is 66.0 Å². The van der Waals surface area contributed by atoms with Crippen molar-refractivity contribution in [3.63, 3.8) is 0 Å². The molecule has 4 rings (SSSR count). The summed E-state index contributed by atoms with van der Waals surface area (Å²) in [6.07, 6.45) is -2.91. The van der Waals surface area contributed by atoms with Gasteiger partial charge in [0.15, 0.2) is 17.8 Å². The molecule has 1 aromatic carbocycles.